The average molecular weight is 192 g/mol. The van der Waals surface area contributed by atoms with Crippen molar-refractivity contribution in [2.45, 2.75) is 18.3 Å². The monoisotopic (exact) mass is 192 g/mol. The molecule has 5 nitrogen and oxygen atoms in total. The van der Waals surface area contributed by atoms with Gasteiger partial charge >= 0.3 is 29.6 Å². The Morgan fingerprint density at radius 3 is 1.91 bits per heavy atom. The molecular weight excluding hydrogens is 183 g/mol. The quantitative estimate of drug-likeness (QED) is 0.348. The molecular formula is C4H9NaO5S. The molecule has 1 atom stereocenters. The summed E-state index contributed by atoms with van der Waals surface area (Å²) in [6, 6.07) is 0. The summed E-state index contributed by atoms with van der Waals surface area (Å²) < 4.78 is 30.4. The summed E-state index contributed by atoms with van der Waals surface area (Å²) in [6.45, 7) is 0.237. The molecule has 62 valence electrons. The molecule has 0 aliphatic heterocycles. The van der Waals surface area contributed by atoms with Crippen molar-refractivity contribution in [1.29, 1.82) is 0 Å². The van der Waals surface area contributed by atoms with E-state index >= 15 is 0 Å². The van der Waals surface area contributed by atoms with Crippen LogP contribution in [0.1, 0.15) is 13.3 Å². The normalized spacial score (nSPS) is 16.7. The van der Waals surface area contributed by atoms with Gasteiger partial charge in [0.25, 0.3) is 0 Å². The van der Waals surface area contributed by atoms with Crippen molar-refractivity contribution in [3.63, 3.8) is 0 Å². The van der Waals surface area contributed by atoms with Gasteiger partial charge in [-0.15, -0.1) is 0 Å². The molecule has 0 radical (unpaired) electrons. The fourth-order valence-corrected chi connectivity index (χ4v) is 0.879. The van der Waals surface area contributed by atoms with E-state index < -0.39 is 21.7 Å². The van der Waals surface area contributed by atoms with E-state index in [1.807, 2.05) is 0 Å². The van der Waals surface area contributed by atoms with Gasteiger partial charge in [-0.3, -0.25) is 0 Å². The number of aliphatic hydroxyl groups is 2. The average Bonchev–Trinajstić information content (AvgIpc) is 1.84. The maximum Gasteiger partial charge on any atom is 1.00 e. The van der Waals surface area contributed by atoms with Crippen LogP contribution in [0.4, 0.5) is 0 Å². The first-order valence-electron chi connectivity index (χ1n) is 2.66. The van der Waals surface area contributed by atoms with Gasteiger partial charge in [0.05, 0.1) is 6.61 Å². The van der Waals surface area contributed by atoms with E-state index in [9.17, 15) is 13.0 Å². The number of hydrogen-bond donors (Lipinski definition) is 2. The SMILES string of the molecule is CCC(O)(CO)S(=O)(=O)[O-].[Na+]. The first-order chi connectivity index (χ1) is 4.37. The molecule has 0 amide bonds. The summed E-state index contributed by atoms with van der Waals surface area (Å²) in [6.07, 6.45) is -0.310. The van der Waals surface area contributed by atoms with Crippen LogP contribution in [0, 0.1) is 0 Å². The molecule has 2 N–H and O–H groups in total. The smallest absolute Gasteiger partial charge is 0.746 e. The van der Waals surface area contributed by atoms with Gasteiger partial charge in [0, 0.05) is 0 Å². The Hall–Kier alpha value is 0.830. The molecule has 7 heteroatoms. The molecule has 0 fully saturated rings. The molecule has 0 aliphatic rings. The third-order valence-electron chi connectivity index (χ3n) is 1.26. The van der Waals surface area contributed by atoms with Crippen LogP contribution in [0.3, 0.4) is 0 Å². The van der Waals surface area contributed by atoms with Gasteiger partial charge < -0.3 is 14.8 Å². The Morgan fingerprint density at radius 2 is 1.91 bits per heavy atom. The minimum Gasteiger partial charge on any atom is -0.746 e. The van der Waals surface area contributed by atoms with Crippen molar-refractivity contribution in [2.24, 2.45) is 0 Å². The van der Waals surface area contributed by atoms with E-state index in [2.05, 4.69) is 0 Å². The van der Waals surface area contributed by atoms with Crippen molar-refractivity contribution in [3.05, 3.63) is 0 Å². The summed E-state index contributed by atoms with van der Waals surface area (Å²) in [4.78, 5) is -2.51. The molecule has 0 bridgehead atoms. The fourth-order valence-electron chi connectivity index (χ4n) is 0.368. The number of hydrogen-bond acceptors (Lipinski definition) is 5. The Kier molecular flexibility index (Phi) is 6.21. The second kappa shape index (κ2) is 4.76. The van der Waals surface area contributed by atoms with Crippen molar-refractivity contribution in [1.82, 2.24) is 0 Å². The predicted octanol–water partition coefficient (Wildman–Crippen LogP) is -4.37. The van der Waals surface area contributed by atoms with Crippen molar-refractivity contribution < 1.29 is 52.7 Å². The molecule has 1 unspecified atom stereocenters. The Balaban J connectivity index is 0. The molecule has 0 aromatic carbocycles. The third kappa shape index (κ3) is 3.37. The summed E-state index contributed by atoms with van der Waals surface area (Å²) >= 11 is 0. The zero-order chi connectivity index (χ0) is 8.41. The van der Waals surface area contributed by atoms with Crippen LogP contribution in [0.2, 0.25) is 0 Å². The third-order valence-corrected chi connectivity index (χ3v) is 2.61. The van der Waals surface area contributed by atoms with Gasteiger partial charge in [0.1, 0.15) is 10.1 Å². The van der Waals surface area contributed by atoms with E-state index in [0.29, 0.717) is 0 Å². The topological polar surface area (TPSA) is 97.7 Å². The van der Waals surface area contributed by atoms with Crippen LogP contribution in [0.25, 0.3) is 0 Å². The summed E-state index contributed by atoms with van der Waals surface area (Å²) in [5.41, 5.74) is 0. The maximum atomic E-state index is 10.1. The van der Waals surface area contributed by atoms with E-state index in [0.717, 1.165) is 0 Å². The minimum atomic E-state index is -4.81. The Morgan fingerprint density at radius 1 is 1.55 bits per heavy atom. The molecule has 0 aliphatic carbocycles. The second-order valence-electron chi connectivity index (χ2n) is 1.91. The largest absolute Gasteiger partial charge is 1.00 e. The standard InChI is InChI=1S/C4H10O5S.Na/c1-2-4(6,3-5)10(7,8)9;/h5-6H,2-3H2,1H3,(H,7,8,9);/q;+1/p-1. The van der Waals surface area contributed by atoms with Crippen LogP contribution in [0.15, 0.2) is 0 Å². The molecule has 0 heterocycles. The van der Waals surface area contributed by atoms with Crippen molar-refractivity contribution >= 4 is 10.1 Å². The molecule has 0 spiro atoms. The van der Waals surface area contributed by atoms with Crippen LogP contribution < -0.4 is 29.6 Å². The first kappa shape index (κ1) is 14.4. The van der Waals surface area contributed by atoms with E-state index in [4.69, 9.17) is 10.2 Å². The van der Waals surface area contributed by atoms with Crippen LogP contribution in [-0.4, -0.2) is 34.7 Å². The maximum absolute atomic E-state index is 10.1. The molecule has 0 aromatic rings. The zero-order valence-electron chi connectivity index (χ0n) is 6.44. The number of rotatable bonds is 3. The summed E-state index contributed by atoms with van der Waals surface area (Å²) in [5.74, 6) is 0. The fraction of sp³-hybridized carbons (Fsp3) is 1.00. The van der Waals surface area contributed by atoms with E-state index in [1.54, 1.807) is 0 Å². The van der Waals surface area contributed by atoms with Gasteiger partial charge in [0.15, 0.2) is 4.93 Å². The van der Waals surface area contributed by atoms with Crippen LogP contribution in [0.5, 0.6) is 0 Å². The summed E-state index contributed by atoms with van der Waals surface area (Å²) in [5, 5.41) is 17.1. The predicted molar refractivity (Wildman–Crippen MR) is 32.0 cm³/mol. The van der Waals surface area contributed by atoms with Gasteiger partial charge in [-0.1, -0.05) is 6.92 Å². The summed E-state index contributed by atoms with van der Waals surface area (Å²) in [7, 11) is -4.81. The second-order valence-corrected chi connectivity index (χ2v) is 3.58. The molecule has 0 rings (SSSR count). The molecule has 0 saturated heterocycles. The van der Waals surface area contributed by atoms with Crippen molar-refractivity contribution in [3.8, 4) is 0 Å². The molecule has 0 saturated carbocycles. The van der Waals surface area contributed by atoms with Gasteiger partial charge in [-0.05, 0) is 6.42 Å². The molecule has 11 heavy (non-hydrogen) atoms. The number of aliphatic hydroxyl groups excluding tert-OH is 1. The van der Waals surface area contributed by atoms with Gasteiger partial charge in [-0.25, -0.2) is 8.42 Å². The first-order valence-corrected chi connectivity index (χ1v) is 4.07. The van der Waals surface area contributed by atoms with Gasteiger partial charge in [-0.2, -0.15) is 0 Å². The van der Waals surface area contributed by atoms with E-state index in [-0.39, 0.29) is 36.0 Å². The van der Waals surface area contributed by atoms with Gasteiger partial charge in [0.2, 0.25) is 0 Å². The van der Waals surface area contributed by atoms with Crippen LogP contribution in [-0.2, 0) is 10.1 Å². The minimum absolute atomic E-state index is 0. The van der Waals surface area contributed by atoms with Crippen molar-refractivity contribution in [2.75, 3.05) is 6.61 Å². The molecule has 0 aromatic heterocycles. The Bertz CT molecular complexity index is 195. The van der Waals surface area contributed by atoms with E-state index in [1.165, 1.54) is 6.92 Å². The zero-order valence-corrected chi connectivity index (χ0v) is 9.26. The Labute approximate surface area is 87.5 Å². The van der Waals surface area contributed by atoms with Crippen LogP contribution >= 0.6 is 0 Å².